The molecule has 0 atom stereocenters. The average molecular weight is 550 g/mol. The van der Waals surface area contributed by atoms with Crippen LogP contribution in [0.25, 0.3) is 0 Å². The van der Waals surface area contributed by atoms with Crippen LogP contribution in [0.2, 0.25) is 0 Å². The number of carbonyl (C=O) groups is 2. The van der Waals surface area contributed by atoms with Gasteiger partial charge >= 0.3 is 30.7 Å². The molecule has 0 unspecified atom stereocenters. The zero-order valence-corrected chi connectivity index (χ0v) is 18.3. The van der Waals surface area contributed by atoms with E-state index in [0.29, 0.717) is 18.2 Å². The van der Waals surface area contributed by atoms with Crippen molar-refractivity contribution in [2.24, 2.45) is 0 Å². The minimum absolute atomic E-state index is 0.187. The van der Waals surface area contributed by atoms with Crippen LogP contribution in [0, 0.1) is 0 Å². The van der Waals surface area contributed by atoms with Crippen molar-refractivity contribution < 1.29 is 63.3 Å². The Bertz CT molecular complexity index is 1050. The van der Waals surface area contributed by atoms with E-state index in [9.17, 15) is 49.1 Å². The third-order valence-corrected chi connectivity index (χ3v) is 3.77. The molecule has 0 spiro atoms. The number of aromatic nitrogens is 2. The molecule has 0 saturated heterocycles. The van der Waals surface area contributed by atoms with Crippen molar-refractivity contribution in [3.63, 3.8) is 0 Å². The van der Waals surface area contributed by atoms with Gasteiger partial charge in [-0.15, -0.1) is 0 Å². The number of hydrogen-bond acceptors (Lipinski definition) is 7. The summed E-state index contributed by atoms with van der Waals surface area (Å²) in [5, 5.41) is 1.82. The molecule has 0 aliphatic rings. The molecule has 1 aromatic heterocycles. The standard InChI is InChI=1S/C19H15F9N4O5/c1-2-35-16(34)32(11-5-3-10(4-6-11)19(26,27)28)15(33)31-14-29-12(36-8-17(20,21)22)7-13(30-14)37-9-18(23,24)25/h3-7H,2,8-9H2,1H3,(H,29,30,31,33). The van der Waals surface area contributed by atoms with Crippen molar-refractivity contribution in [2.45, 2.75) is 25.5 Å². The van der Waals surface area contributed by atoms with Crippen LogP contribution in [0.1, 0.15) is 12.5 Å². The first kappa shape index (κ1) is 29.2. The van der Waals surface area contributed by atoms with Crippen LogP contribution >= 0.6 is 0 Å². The average Bonchev–Trinajstić information content (AvgIpc) is 2.75. The van der Waals surface area contributed by atoms with Crippen LogP contribution < -0.4 is 19.7 Å². The van der Waals surface area contributed by atoms with Gasteiger partial charge in [0.1, 0.15) is 0 Å². The minimum Gasteiger partial charge on any atom is -0.468 e. The van der Waals surface area contributed by atoms with E-state index >= 15 is 0 Å². The summed E-state index contributed by atoms with van der Waals surface area (Å²) >= 11 is 0. The molecule has 1 N–H and O–H groups in total. The van der Waals surface area contributed by atoms with Crippen molar-refractivity contribution in [3.05, 3.63) is 35.9 Å². The van der Waals surface area contributed by atoms with E-state index in [-0.39, 0.29) is 11.5 Å². The Morgan fingerprint density at radius 2 is 1.35 bits per heavy atom. The molecule has 1 heterocycles. The van der Waals surface area contributed by atoms with Gasteiger partial charge in [0.25, 0.3) is 0 Å². The monoisotopic (exact) mass is 550 g/mol. The summed E-state index contributed by atoms with van der Waals surface area (Å²) in [5.41, 5.74) is -1.56. The van der Waals surface area contributed by atoms with E-state index < -0.39 is 72.8 Å². The van der Waals surface area contributed by atoms with Crippen molar-refractivity contribution in [1.29, 1.82) is 0 Å². The van der Waals surface area contributed by atoms with Gasteiger partial charge < -0.3 is 14.2 Å². The third kappa shape index (κ3) is 9.53. The van der Waals surface area contributed by atoms with E-state index in [1.54, 1.807) is 0 Å². The topological polar surface area (TPSA) is 103 Å². The normalized spacial score (nSPS) is 12.1. The minimum atomic E-state index is -4.87. The van der Waals surface area contributed by atoms with Crippen LogP contribution in [0.5, 0.6) is 11.8 Å². The molecule has 0 aliphatic carbocycles. The lowest BCUT2D eigenvalue weighted by Gasteiger charge is -2.21. The number of alkyl halides is 9. The van der Waals surface area contributed by atoms with Crippen LogP contribution in [0.15, 0.2) is 30.3 Å². The van der Waals surface area contributed by atoms with Crippen molar-refractivity contribution >= 4 is 23.8 Å². The summed E-state index contributed by atoms with van der Waals surface area (Å²) < 4.78 is 127. The second kappa shape index (κ2) is 11.4. The first-order valence-corrected chi connectivity index (χ1v) is 9.72. The molecule has 3 amide bonds. The number of ether oxygens (including phenoxy) is 3. The molecule has 2 aromatic rings. The van der Waals surface area contributed by atoms with Crippen LogP contribution in [0.3, 0.4) is 0 Å². The molecular weight excluding hydrogens is 535 g/mol. The van der Waals surface area contributed by atoms with E-state index in [4.69, 9.17) is 0 Å². The highest BCUT2D eigenvalue weighted by atomic mass is 19.4. The number of anilines is 2. The second-order valence-electron chi connectivity index (χ2n) is 6.68. The molecule has 1 aromatic carbocycles. The largest absolute Gasteiger partial charge is 0.468 e. The van der Waals surface area contributed by atoms with Crippen molar-refractivity contribution in [1.82, 2.24) is 9.97 Å². The van der Waals surface area contributed by atoms with Gasteiger partial charge in [0.15, 0.2) is 13.2 Å². The zero-order valence-electron chi connectivity index (χ0n) is 18.3. The quantitative estimate of drug-likeness (QED) is 0.450. The Balaban J connectivity index is 2.38. The number of nitrogens with zero attached hydrogens (tertiary/aromatic N) is 3. The number of nitrogens with one attached hydrogen (secondary N) is 1. The Hall–Kier alpha value is -3.99. The predicted octanol–water partition coefficient (Wildman–Crippen LogP) is 5.57. The highest BCUT2D eigenvalue weighted by Crippen LogP contribution is 2.31. The molecule has 204 valence electrons. The van der Waals surface area contributed by atoms with Gasteiger partial charge in [0.05, 0.1) is 23.9 Å². The molecule has 0 fully saturated rings. The highest BCUT2D eigenvalue weighted by molar-refractivity contribution is 6.16. The molecule has 2 rings (SSSR count). The lowest BCUT2D eigenvalue weighted by molar-refractivity contribution is -0.154. The van der Waals surface area contributed by atoms with Gasteiger partial charge in [-0.2, -0.15) is 54.4 Å². The Morgan fingerprint density at radius 1 is 0.865 bits per heavy atom. The number of amides is 3. The first-order valence-electron chi connectivity index (χ1n) is 9.72. The molecule has 37 heavy (non-hydrogen) atoms. The number of imide groups is 1. The summed E-state index contributed by atoms with van der Waals surface area (Å²) in [5.74, 6) is -2.89. The van der Waals surface area contributed by atoms with Gasteiger partial charge in [0.2, 0.25) is 17.7 Å². The fraction of sp³-hybridized carbons (Fsp3) is 0.368. The second-order valence-corrected chi connectivity index (χ2v) is 6.68. The predicted molar refractivity (Wildman–Crippen MR) is 105 cm³/mol. The van der Waals surface area contributed by atoms with Crippen molar-refractivity contribution in [3.8, 4) is 11.8 Å². The first-order chi connectivity index (χ1) is 17.0. The maximum atomic E-state index is 12.8. The van der Waals surface area contributed by atoms with Gasteiger partial charge in [-0.05, 0) is 31.2 Å². The Kier molecular flexibility index (Phi) is 8.99. The van der Waals surface area contributed by atoms with E-state index in [1.807, 2.05) is 5.32 Å². The summed E-state index contributed by atoms with van der Waals surface area (Å²) in [7, 11) is 0. The fourth-order valence-corrected chi connectivity index (χ4v) is 2.36. The smallest absolute Gasteiger partial charge is 0.422 e. The zero-order chi connectivity index (χ0) is 28.0. The number of benzene rings is 1. The van der Waals surface area contributed by atoms with E-state index in [1.165, 1.54) is 6.92 Å². The van der Waals surface area contributed by atoms with Crippen LogP contribution in [0.4, 0.5) is 60.7 Å². The van der Waals surface area contributed by atoms with E-state index in [0.717, 1.165) is 12.1 Å². The number of carbonyl (C=O) groups excluding carboxylic acids is 2. The van der Waals surface area contributed by atoms with Gasteiger partial charge in [-0.1, -0.05) is 0 Å². The number of halogens is 9. The molecule has 0 saturated carbocycles. The van der Waals surface area contributed by atoms with E-state index in [2.05, 4.69) is 24.2 Å². The lowest BCUT2D eigenvalue weighted by Crippen LogP contribution is -2.41. The Morgan fingerprint density at radius 3 is 1.76 bits per heavy atom. The van der Waals surface area contributed by atoms with Crippen LogP contribution in [-0.4, -0.2) is 54.3 Å². The van der Waals surface area contributed by atoms with Gasteiger partial charge in [-0.3, -0.25) is 5.32 Å². The maximum absolute atomic E-state index is 12.8. The third-order valence-electron chi connectivity index (χ3n) is 3.77. The summed E-state index contributed by atoms with van der Waals surface area (Å²) in [6, 6.07) is 1.54. The molecule has 0 radical (unpaired) electrons. The summed E-state index contributed by atoms with van der Waals surface area (Å²) in [4.78, 5) is 32.0. The maximum Gasteiger partial charge on any atom is 0.422 e. The molecule has 0 bridgehead atoms. The van der Waals surface area contributed by atoms with Crippen LogP contribution in [-0.2, 0) is 10.9 Å². The lowest BCUT2D eigenvalue weighted by atomic mass is 10.2. The van der Waals surface area contributed by atoms with Crippen molar-refractivity contribution in [2.75, 3.05) is 30.0 Å². The van der Waals surface area contributed by atoms with Gasteiger partial charge in [-0.25, -0.2) is 9.59 Å². The SMILES string of the molecule is CCOC(=O)N(C(=O)Nc1nc(OCC(F)(F)F)cc(OCC(F)(F)F)n1)c1ccc(C(F)(F)F)cc1. The molecule has 18 heteroatoms. The number of hydrogen-bond donors (Lipinski definition) is 1. The number of rotatable bonds is 7. The summed E-state index contributed by atoms with van der Waals surface area (Å²) in [6.07, 6.45) is -15.9. The Labute approximate surface area is 201 Å². The summed E-state index contributed by atoms with van der Waals surface area (Å²) in [6.45, 7) is -2.78. The number of urea groups is 1. The molecule has 0 aliphatic heterocycles. The highest BCUT2D eigenvalue weighted by Gasteiger charge is 2.33. The fourth-order valence-electron chi connectivity index (χ4n) is 2.36. The molecule has 9 nitrogen and oxygen atoms in total. The molecular formula is C19H15F9N4O5. The van der Waals surface area contributed by atoms with Gasteiger partial charge in [0, 0.05) is 0 Å².